The normalized spacial score (nSPS) is 12.6. The molecule has 0 fully saturated rings. The summed E-state index contributed by atoms with van der Waals surface area (Å²) in [5.74, 6) is 1.41. The van der Waals surface area contributed by atoms with Gasteiger partial charge in [-0.25, -0.2) is 0 Å². The van der Waals surface area contributed by atoms with Gasteiger partial charge in [-0.1, -0.05) is 0 Å². The molecule has 1 aromatic heterocycles. The van der Waals surface area contributed by atoms with Gasteiger partial charge < -0.3 is 28.8 Å². The molecule has 0 radical (unpaired) electrons. The molecule has 0 unspecified atom stereocenters. The van der Waals surface area contributed by atoms with Crippen LogP contribution < -0.4 is 24.4 Å². The third-order valence-corrected chi connectivity index (χ3v) is 5.70. The Morgan fingerprint density at radius 3 is 2.54 bits per heavy atom. The molecule has 0 spiro atoms. The lowest BCUT2D eigenvalue weighted by molar-refractivity contribution is -0.121. The molecule has 1 aliphatic heterocycles. The van der Waals surface area contributed by atoms with Crippen molar-refractivity contribution in [3.05, 3.63) is 71.7 Å². The Bertz CT molecular complexity index is 1270. The highest BCUT2D eigenvalue weighted by molar-refractivity contribution is 6.02. The fourth-order valence-electron chi connectivity index (χ4n) is 3.67. The zero-order valence-electron chi connectivity index (χ0n) is 21.0. The van der Waals surface area contributed by atoms with Crippen LogP contribution in [0, 0.1) is 0 Å². The molecule has 0 atom stereocenters. The molecule has 194 valence electrons. The van der Waals surface area contributed by atoms with Gasteiger partial charge in [0.1, 0.15) is 23.0 Å². The Labute approximate surface area is 214 Å². The van der Waals surface area contributed by atoms with Crippen LogP contribution in [0.15, 0.2) is 59.0 Å². The van der Waals surface area contributed by atoms with Crippen molar-refractivity contribution >= 4 is 23.3 Å². The second kappa shape index (κ2) is 11.6. The van der Waals surface area contributed by atoms with Gasteiger partial charge in [0.15, 0.2) is 24.8 Å². The molecule has 0 bridgehead atoms. The fraction of sp³-hybridized carbons (Fsp3) is 0.296. The zero-order valence-corrected chi connectivity index (χ0v) is 21.0. The third kappa shape index (κ3) is 6.47. The summed E-state index contributed by atoms with van der Waals surface area (Å²) in [7, 11) is 5.41. The summed E-state index contributed by atoms with van der Waals surface area (Å²) in [5, 5.41) is 2.79. The minimum atomic E-state index is -0.327. The van der Waals surface area contributed by atoms with Crippen LogP contribution in [0.3, 0.4) is 0 Å². The SMILES string of the molecule is COc1ccc(OCC(=O)c2ccc3c(c2)N(Cc2ccc(C(=O)NCCN(C)C)o2)C(=O)CO3)cc1. The summed E-state index contributed by atoms with van der Waals surface area (Å²) in [5.41, 5.74) is 0.816. The van der Waals surface area contributed by atoms with Gasteiger partial charge in [0, 0.05) is 18.7 Å². The van der Waals surface area contributed by atoms with Crippen LogP contribution in [-0.2, 0) is 11.3 Å². The maximum atomic E-state index is 12.8. The van der Waals surface area contributed by atoms with Crippen LogP contribution in [0.1, 0.15) is 26.7 Å². The molecule has 1 N–H and O–H groups in total. The Morgan fingerprint density at radius 1 is 1.05 bits per heavy atom. The molecule has 10 heteroatoms. The summed E-state index contributed by atoms with van der Waals surface area (Å²) in [6, 6.07) is 15.0. The van der Waals surface area contributed by atoms with Crippen molar-refractivity contribution in [1.82, 2.24) is 10.2 Å². The number of nitrogens with zero attached hydrogens (tertiary/aromatic N) is 2. The summed E-state index contributed by atoms with van der Waals surface area (Å²) in [6.07, 6.45) is 0. The lowest BCUT2D eigenvalue weighted by Crippen LogP contribution is -2.38. The number of likely N-dealkylation sites (N-methyl/N-ethyl adjacent to an activating group) is 1. The molecule has 1 aliphatic rings. The number of ketones is 1. The molecule has 3 aromatic rings. The van der Waals surface area contributed by atoms with E-state index in [0.717, 1.165) is 0 Å². The number of nitrogens with one attached hydrogen (secondary N) is 1. The van der Waals surface area contributed by atoms with E-state index in [2.05, 4.69) is 5.32 Å². The maximum Gasteiger partial charge on any atom is 0.287 e. The second-order valence-corrected chi connectivity index (χ2v) is 8.66. The highest BCUT2D eigenvalue weighted by Crippen LogP contribution is 2.34. The average Bonchev–Trinajstić information content (AvgIpc) is 3.37. The summed E-state index contributed by atoms with van der Waals surface area (Å²) in [6.45, 7) is 0.949. The molecule has 37 heavy (non-hydrogen) atoms. The van der Waals surface area contributed by atoms with E-state index in [0.29, 0.717) is 47.3 Å². The van der Waals surface area contributed by atoms with Gasteiger partial charge in [0.05, 0.1) is 19.3 Å². The van der Waals surface area contributed by atoms with E-state index >= 15 is 0 Å². The molecule has 2 amide bonds. The fourth-order valence-corrected chi connectivity index (χ4v) is 3.67. The van der Waals surface area contributed by atoms with Crippen LogP contribution >= 0.6 is 0 Å². The molecule has 10 nitrogen and oxygen atoms in total. The van der Waals surface area contributed by atoms with Crippen LogP contribution in [0.2, 0.25) is 0 Å². The highest BCUT2D eigenvalue weighted by atomic mass is 16.5. The first-order valence-corrected chi connectivity index (χ1v) is 11.7. The Kier molecular flexibility index (Phi) is 8.09. The van der Waals surface area contributed by atoms with E-state index in [1.165, 1.54) is 4.90 Å². The first-order valence-electron chi connectivity index (χ1n) is 11.7. The topological polar surface area (TPSA) is 111 Å². The number of hydrogen-bond donors (Lipinski definition) is 1. The number of benzene rings is 2. The number of carbonyl (C=O) groups is 3. The van der Waals surface area contributed by atoms with Gasteiger partial charge in [-0.15, -0.1) is 0 Å². The van der Waals surface area contributed by atoms with Crippen molar-refractivity contribution in [3.8, 4) is 17.2 Å². The van der Waals surface area contributed by atoms with E-state index in [4.69, 9.17) is 18.6 Å². The number of rotatable bonds is 11. The first-order chi connectivity index (χ1) is 17.8. The smallest absolute Gasteiger partial charge is 0.287 e. The molecule has 0 aliphatic carbocycles. The highest BCUT2D eigenvalue weighted by Gasteiger charge is 2.28. The van der Waals surface area contributed by atoms with E-state index in [1.54, 1.807) is 61.7 Å². The maximum absolute atomic E-state index is 12.8. The van der Waals surface area contributed by atoms with E-state index in [9.17, 15) is 14.4 Å². The molecular weight excluding hydrogens is 478 g/mol. The van der Waals surface area contributed by atoms with Crippen LogP contribution in [0.25, 0.3) is 0 Å². The van der Waals surface area contributed by atoms with Crippen molar-refractivity contribution in [2.45, 2.75) is 6.54 Å². The number of furan rings is 1. The number of hydrogen-bond acceptors (Lipinski definition) is 8. The quantitative estimate of drug-likeness (QED) is 0.395. The lowest BCUT2D eigenvalue weighted by atomic mass is 10.1. The Morgan fingerprint density at radius 2 is 1.81 bits per heavy atom. The van der Waals surface area contributed by atoms with E-state index < -0.39 is 0 Å². The van der Waals surface area contributed by atoms with Crippen molar-refractivity contribution in [3.63, 3.8) is 0 Å². The summed E-state index contributed by atoms with van der Waals surface area (Å²) >= 11 is 0. The molecule has 2 aromatic carbocycles. The molecule has 0 saturated heterocycles. The Hall–Kier alpha value is -4.31. The number of anilines is 1. The van der Waals surface area contributed by atoms with Crippen LogP contribution in [0.4, 0.5) is 5.69 Å². The van der Waals surface area contributed by atoms with Crippen molar-refractivity contribution < 1.29 is 33.0 Å². The molecule has 0 saturated carbocycles. The summed E-state index contributed by atoms with van der Waals surface area (Å²) in [4.78, 5) is 41.3. The Balaban J connectivity index is 1.44. The third-order valence-electron chi connectivity index (χ3n) is 5.70. The standard InChI is InChI=1S/C27H29N3O7/c1-29(2)13-12-28-27(33)25-11-9-21(37-25)15-30-22-14-18(4-10-24(22)36-17-26(30)32)23(31)16-35-20-7-5-19(34-3)6-8-20/h4-11,14H,12-13,15-17H2,1-3H3,(H,28,33). The van der Waals surface area contributed by atoms with Gasteiger partial charge in [-0.3, -0.25) is 19.3 Å². The molecule has 2 heterocycles. The van der Waals surface area contributed by atoms with Crippen LogP contribution in [-0.4, -0.2) is 70.0 Å². The average molecular weight is 508 g/mol. The summed E-state index contributed by atoms with van der Waals surface area (Å²) < 4.78 is 22.0. The van der Waals surface area contributed by atoms with Gasteiger partial charge in [0.2, 0.25) is 0 Å². The van der Waals surface area contributed by atoms with Gasteiger partial charge in [0.25, 0.3) is 11.8 Å². The zero-order chi connectivity index (χ0) is 26.4. The predicted octanol–water partition coefficient (Wildman–Crippen LogP) is 2.77. The molecular formula is C27H29N3O7. The predicted molar refractivity (Wildman–Crippen MR) is 136 cm³/mol. The van der Waals surface area contributed by atoms with E-state index in [1.807, 2.05) is 19.0 Å². The number of fused-ring (bicyclic) bond motifs is 1. The van der Waals surface area contributed by atoms with Gasteiger partial charge >= 0.3 is 0 Å². The lowest BCUT2D eigenvalue weighted by Gasteiger charge is -2.29. The number of amides is 2. The van der Waals surface area contributed by atoms with Gasteiger partial charge in [-0.05, 0) is 68.7 Å². The number of Topliss-reactive ketones (excluding diaryl/α,β-unsaturated/α-hetero) is 1. The first kappa shape index (κ1) is 25.8. The van der Waals surface area contributed by atoms with Gasteiger partial charge in [-0.2, -0.15) is 0 Å². The van der Waals surface area contributed by atoms with E-state index in [-0.39, 0.29) is 43.1 Å². The number of methoxy groups -OCH3 is 1. The number of ether oxygens (including phenoxy) is 3. The van der Waals surface area contributed by atoms with Crippen LogP contribution in [0.5, 0.6) is 17.2 Å². The number of carbonyl (C=O) groups excluding carboxylic acids is 3. The molecule has 4 rings (SSSR count). The second-order valence-electron chi connectivity index (χ2n) is 8.66. The minimum absolute atomic E-state index is 0.0835. The minimum Gasteiger partial charge on any atom is -0.497 e. The van der Waals surface area contributed by atoms with Crippen molar-refractivity contribution in [1.29, 1.82) is 0 Å². The van der Waals surface area contributed by atoms with Crippen molar-refractivity contribution in [2.75, 3.05) is 52.4 Å². The largest absolute Gasteiger partial charge is 0.497 e. The monoisotopic (exact) mass is 507 g/mol. The van der Waals surface area contributed by atoms with Crippen molar-refractivity contribution in [2.24, 2.45) is 0 Å².